The van der Waals surface area contributed by atoms with Crippen LogP contribution in [-0.2, 0) is 18.8 Å². The van der Waals surface area contributed by atoms with Gasteiger partial charge in [-0.2, -0.15) is 0 Å². The van der Waals surface area contributed by atoms with Gasteiger partial charge < -0.3 is 9.64 Å². The number of carbonyl (C=O) groups excluding carboxylic acids is 1. The van der Waals surface area contributed by atoms with E-state index in [-0.39, 0.29) is 12.5 Å². The van der Waals surface area contributed by atoms with Crippen LogP contribution in [0.1, 0.15) is 19.4 Å². The number of nitrogens with one attached hydrogen (secondary N) is 1. The minimum Gasteiger partial charge on any atom is -0.449 e. The van der Waals surface area contributed by atoms with Crippen molar-refractivity contribution in [2.45, 2.75) is 20.1 Å². The van der Waals surface area contributed by atoms with Gasteiger partial charge in [0.25, 0.3) is 5.56 Å². The summed E-state index contributed by atoms with van der Waals surface area (Å²) in [4.78, 5) is 41.0. The second kappa shape index (κ2) is 8.48. The molecule has 9 heteroatoms. The van der Waals surface area contributed by atoms with Crippen molar-refractivity contribution in [3.8, 4) is 0 Å². The molecule has 9 nitrogen and oxygen atoms in total. The first kappa shape index (κ1) is 21.2. The number of hydrogen-bond donors (Lipinski definition) is 1. The van der Waals surface area contributed by atoms with Crippen LogP contribution in [-0.4, -0.2) is 35.2 Å². The van der Waals surface area contributed by atoms with Gasteiger partial charge in [-0.05, 0) is 17.6 Å². The van der Waals surface area contributed by atoms with Crippen molar-refractivity contribution < 1.29 is 9.53 Å². The van der Waals surface area contributed by atoms with Crippen LogP contribution >= 0.6 is 0 Å². The number of amides is 1. The van der Waals surface area contributed by atoms with Crippen molar-refractivity contribution in [1.29, 1.82) is 0 Å². The van der Waals surface area contributed by atoms with E-state index in [4.69, 9.17) is 4.74 Å². The summed E-state index contributed by atoms with van der Waals surface area (Å²) in [6.07, 6.45) is 2.25. The number of rotatable bonds is 5. The molecule has 0 radical (unpaired) electrons. The fraction of sp³-hybridized carbons (Fsp3) is 0.381. The van der Waals surface area contributed by atoms with Crippen molar-refractivity contribution in [3.05, 3.63) is 62.9 Å². The Bertz CT molecular complexity index is 1070. The maximum absolute atomic E-state index is 12.8. The highest BCUT2D eigenvalue weighted by Gasteiger charge is 2.39. The van der Waals surface area contributed by atoms with E-state index in [0.29, 0.717) is 11.5 Å². The molecule has 1 N–H and O–H groups in total. The van der Waals surface area contributed by atoms with Gasteiger partial charge in [-0.1, -0.05) is 44.2 Å². The first-order valence-electron chi connectivity index (χ1n) is 9.70. The number of anilines is 2. The smallest absolute Gasteiger partial charge is 0.410 e. The maximum atomic E-state index is 12.8. The molecule has 1 unspecified atom stereocenters. The summed E-state index contributed by atoms with van der Waals surface area (Å²) in [5.74, 6) is 0.586. The SMILES string of the molecule is CC(C)COC(=O)NC1N(C)c2c(n(C)c(=O)n(C)c2=O)N1C=Cc1ccccc1. The van der Waals surface area contributed by atoms with Gasteiger partial charge in [-0.15, -0.1) is 0 Å². The van der Waals surface area contributed by atoms with Crippen LogP contribution in [0, 0.1) is 5.92 Å². The van der Waals surface area contributed by atoms with Gasteiger partial charge in [0.05, 0.1) is 6.61 Å². The Morgan fingerprint density at radius 1 is 1.13 bits per heavy atom. The molecule has 1 atom stereocenters. The Morgan fingerprint density at radius 2 is 1.80 bits per heavy atom. The summed E-state index contributed by atoms with van der Waals surface area (Å²) in [5, 5.41) is 2.79. The third-order valence-corrected chi connectivity index (χ3v) is 4.86. The highest BCUT2D eigenvalue weighted by atomic mass is 16.5. The lowest BCUT2D eigenvalue weighted by Gasteiger charge is -2.28. The van der Waals surface area contributed by atoms with Gasteiger partial charge in [-0.3, -0.25) is 24.1 Å². The van der Waals surface area contributed by atoms with Crippen LogP contribution in [0.15, 0.2) is 46.1 Å². The number of hydrogen-bond acceptors (Lipinski definition) is 6. The van der Waals surface area contributed by atoms with Crippen molar-refractivity contribution in [2.75, 3.05) is 23.5 Å². The molecule has 160 valence electrons. The van der Waals surface area contributed by atoms with Gasteiger partial charge in [0.15, 0.2) is 6.29 Å². The molecule has 0 fully saturated rings. The Hall–Kier alpha value is -3.49. The molecule has 30 heavy (non-hydrogen) atoms. The van der Waals surface area contributed by atoms with Gasteiger partial charge in [-0.25, -0.2) is 9.59 Å². The topological polar surface area (TPSA) is 88.8 Å². The lowest BCUT2D eigenvalue weighted by molar-refractivity contribution is 0.129. The predicted octanol–water partition coefficient (Wildman–Crippen LogP) is 1.68. The summed E-state index contributed by atoms with van der Waals surface area (Å²) in [6.45, 7) is 4.16. The zero-order valence-electron chi connectivity index (χ0n) is 17.8. The quantitative estimate of drug-likeness (QED) is 0.802. The van der Waals surface area contributed by atoms with E-state index in [0.717, 1.165) is 10.1 Å². The molecule has 1 aliphatic heterocycles. The Balaban J connectivity index is 2.04. The highest BCUT2D eigenvalue weighted by molar-refractivity contribution is 5.78. The van der Waals surface area contributed by atoms with Crippen molar-refractivity contribution in [3.63, 3.8) is 0 Å². The van der Waals surface area contributed by atoms with Crippen LogP contribution in [0.5, 0.6) is 0 Å². The van der Waals surface area contributed by atoms with E-state index in [1.165, 1.54) is 11.6 Å². The molecule has 1 aromatic heterocycles. The van der Waals surface area contributed by atoms with E-state index in [9.17, 15) is 14.4 Å². The molecule has 1 amide bonds. The van der Waals surface area contributed by atoms with E-state index in [2.05, 4.69) is 5.32 Å². The number of aromatic nitrogens is 2. The van der Waals surface area contributed by atoms with Crippen LogP contribution < -0.4 is 26.4 Å². The molecule has 0 aliphatic carbocycles. The van der Waals surface area contributed by atoms with E-state index < -0.39 is 23.6 Å². The zero-order valence-corrected chi connectivity index (χ0v) is 17.8. The fourth-order valence-electron chi connectivity index (χ4n) is 3.28. The number of fused-ring (bicyclic) bond motifs is 1. The van der Waals surface area contributed by atoms with E-state index >= 15 is 0 Å². The molecule has 1 aliphatic rings. The molecule has 3 rings (SSSR count). The van der Waals surface area contributed by atoms with E-state index in [1.54, 1.807) is 30.1 Å². The minimum absolute atomic E-state index is 0.191. The molecular weight excluding hydrogens is 386 g/mol. The second-order valence-corrected chi connectivity index (χ2v) is 7.63. The fourth-order valence-corrected chi connectivity index (χ4v) is 3.28. The number of carbonyl (C=O) groups is 1. The zero-order chi connectivity index (χ0) is 22.0. The Morgan fingerprint density at radius 3 is 2.43 bits per heavy atom. The summed E-state index contributed by atoms with van der Waals surface area (Å²) in [6, 6.07) is 9.60. The molecule has 2 aromatic rings. The highest BCUT2D eigenvalue weighted by Crippen LogP contribution is 2.34. The molecule has 0 bridgehead atoms. The summed E-state index contributed by atoms with van der Waals surface area (Å²) >= 11 is 0. The average Bonchev–Trinajstić information content (AvgIpc) is 3.00. The molecule has 1 aromatic carbocycles. The largest absolute Gasteiger partial charge is 0.449 e. The minimum atomic E-state index is -0.736. The monoisotopic (exact) mass is 413 g/mol. The molecule has 0 saturated heterocycles. The van der Waals surface area contributed by atoms with Gasteiger partial charge >= 0.3 is 11.8 Å². The van der Waals surface area contributed by atoms with Crippen LogP contribution in [0.25, 0.3) is 6.08 Å². The Kier molecular flexibility index (Phi) is 6.00. The standard InChI is InChI=1S/C21H27N5O4/c1-14(2)13-30-20(28)22-19-23(3)16-17(24(4)21(29)25(5)18(16)27)26(19)12-11-15-9-7-6-8-10-15/h6-12,14,19H,13H2,1-5H3,(H,22,28). The normalized spacial score (nSPS) is 15.7. The summed E-state index contributed by atoms with van der Waals surface area (Å²) in [7, 11) is 4.71. The average molecular weight is 413 g/mol. The summed E-state index contributed by atoms with van der Waals surface area (Å²) in [5.41, 5.74) is 0.358. The van der Waals surface area contributed by atoms with Crippen molar-refractivity contribution >= 4 is 23.7 Å². The molecule has 0 spiro atoms. The number of nitrogens with zero attached hydrogens (tertiary/aromatic N) is 4. The van der Waals surface area contributed by atoms with E-state index in [1.807, 2.05) is 50.3 Å². The lowest BCUT2D eigenvalue weighted by atomic mass is 10.2. The third kappa shape index (κ3) is 3.96. The van der Waals surface area contributed by atoms with Crippen molar-refractivity contribution in [2.24, 2.45) is 20.0 Å². The van der Waals surface area contributed by atoms with Gasteiger partial charge in [0, 0.05) is 27.3 Å². The molecular formula is C21H27N5O4. The lowest BCUT2D eigenvalue weighted by Crippen LogP contribution is -2.53. The number of ether oxygens (including phenoxy) is 1. The third-order valence-electron chi connectivity index (χ3n) is 4.86. The number of alkyl carbamates (subject to hydrolysis) is 1. The van der Waals surface area contributed by atoms with Crippen LogP contribution in [0.4, 0.5) is 16.3 Å². The van der Waals surface area contributed by atoms with Crippen molar-refractivity contribution in [1.82, 2.24) is 14.5 Å². The molecule has 2 heterocycles. The number of benzene rings is 1. The summed E-state index contributed by atoms with van der Waals surface area (Å²) < 4.78 is 7.69. The predicted molar refractivity (Wildman–Crippen MR) is 116 cm³/mol. The van der Waals surface area contributed by atoms with Crippen LogP contribution in [0.2, 0.25) is 0 Å². The second-order valence-electron chi connectivity index (χ2n) is 7.63. The van der Waals surface area contributed by atoms with Crippen LogP contribution in [0.3, 0.4) is 0 Å². The molecule has 0 saturated carbocycles. The first-order valence-corrected chi connectivity index (χ1v) is 9.70. The van der Waals surface area contributed by atoms with Gasteiger partial charge in [0.2, 0.25) is 0 Å². The van der Waals surface area contributed by atoms with Gasteiger partial charge in [0.1, 0.15) is 11.5 Å². The maximum Gasteiger partial charge on any atom is 0.410 e. The first-order chi connectivity index (χ1) is 14.2. The Labute approximate surface area is 174 Å².